The lowest BCUT2D eigenvalue weighted by Crippen LogP contribution is -2.54. The number of ether oxygens (including phenoxy) is 1. The lowest BCUT2D eigenvalue weighted by atomic mass is 10.0. The summed E-state index contributed by atoms with van der Waals surface area (Å²) in [5, 5.41) is 3.00. The molecule has 7 heteroatoms. The highest BCUT2D eigenvalue weighted by molar-refractivity contribution is 6.30. The first-order chi connectivity index (χ1) is 10.5. The van der Waals surface area contributed by atoms with Gasteiger partial charge in [-0.2, -0.15) is 0 Å². The zero-order valence-corrected chi connectivity index (χ0v) is 12.9. The zero-order chi connectivity index (χ0) is 15.7. The van der Waals surface area contributed by atoms with Crippen LogP contribution < -0.4 is 5.32 Å². The highest BCUT2D eigenvalue weighted by Crippen LogP contribution is 2.27. The second-order valence-corrected chi connectivity index (χ2v) is 5.78. The maximum Gasteiger partial charge on any atom is 0.249 e. The van der Waals surface area contributed by atoms with Crippen molar-refractivity contribution in [3.63, 3.8) is 0 Å². The minimum atomic E-state index is -0.435. The van der Waals surface area contributed by atoms with Crippen LogP contribution in [-0.4, -0.2) is 35.3 Å². The van der Waals surface area contributed by atoms with Crippen molar-refractivity contribution in [1.29, 1.82) is 0 Å². The van der Waals surface area contributed by atoms with E-state index in [0.717, 1.165) is 11.3 Å². The van der Waals surface area contributed by atoms with Gasteiger partial charge in [0.25, 0.3) is 0 Å². The van der Waals surface area contributed by atoms with Crippen molar-refractivity contribution in [3.05, 3.63) is 28.8 Å². The number of hydrogen-bond donors (Lipinski definition) is 1. The van der Waals surface area contributed by atoms with Crippen molar-refractivity contribution in [2.24, 2.45) is 4.99 Å². The van der Waals surface area contributed by atoms with Gasteiger partial charge in [0.2, 0.25) is 11.8 Å². The first-order valence-electron chi connectivity index (χ1n) is 7.06. The van der Waals surface area contributed by atoms with Gasteiger partial charge in [-0.15, -0.1) is 0 Å². The van der Waals surface area contributed by atoms with Crippen molar-refractivity contribution in [3.8, 4) is 0 Å². The van der Waals surface area contributed by atoms with Gasteiger partial charge in [0.05, 0.1) is 12.3 Å². The summed E-state index contributed by atoms with van der Waals surface area (Å²) in [4.78, 5) is 29.7. The highest BCUT2D eigenvalue weighted by atomic mass is 35.5. The molecule has 1 aromatic rings. The van der Waals surface area contributed by atoms with Gasteiger partial charge < -0.3 is 9.64 Å². The van der Waals surface area contributed by atoms with Crippen LogP contribution in [0.3, 0.4) is 0 Å². The van der Waals surface area contributed by atoms with Gasteiger partial charge in [-0.25, -0.2) is 4.99 Å². The summed E-state index contributed by atoms with van der Waals surface area (Å²) >= 11 is 5.99. The van der Waals surface area contributed by atoms with Crippen LogP contribution in [0.2, 0.25) is 5.02 Å². The summed E-state index contributed by atoms with van der Waals surface area (Å²) in [6, 6.07) is 5.00. The van der Waals surface area contributed by atoms with Gasteiger partial charge in [-0.05, 0) is 31.5 Å². The van der Waals surface area contributed by atoms with Crippen LogP contribution in [0.25, 0.3) is 0 Å². The molecule has 1 aromatic carbocycles. The van der Waals surface area contributed by atoms with E-state index in [1.807, 2.05) is 19.1 Å². The summed E-state index contributed by atoms with van der Waals surface area (Å²) in [5.74, 6) is 0.146. The molecule has 0 aromatic heterocycles. The van der Waals surface area contributed by atoms with E-state index in [4.69, 9.17) is 16.3 Å². The summed E-state index contributed by atoms with van der Waals surface area (Å²) in [7, 11) is 0. The molecule has 6 nitrogen and oxygen atoms in total. The molecule has 1 atom stereocenters. The lowest BCUT2D eigenvalue weighted by Gasteiger charge is -2.34. The number of aliphatic imine (C=N–C) groups is 1. The highest BCUT2D eigenvalue weighted by Gasteiger charge is 2.33. The lowest BCUT2D eigenvalue weighted by molar-refractivity contribution is -0.137. The normalized spacial score (nSPS) is 22.4. The molecule has 1 fully saturated rings. The minimum Gasteiger partial charge on any atom is -0.356 e. The molecular weight excluding hydrogens is 306 g/mol. The van der Waals surface area contributed by atoms with Gasteiger partial charge in [-0.1, -0.05) is 11.6 Å². The second kappa shape index (κ2) is 6.06. The molecule has 3 rings (SSSR count). The number of halogens is 1. The number of amides is 2. The monoisotopic (exact) mass is 321 g/mol. The standard InChI is InChI=1S/C15H16ClN3O3/c1-9-17-12-3-2-11(16)6-10(12)7-22-8-19(9)13-4-5-14(20)18-15(13)21/h2-3,6,13H,4-5,7-8H2,1H3,(H,18,20,21). The smallest absolute Gasteiger partial charge is 0.249 e. The van der Waals surface area contributed by atoms with E-state index in [-0.39, 0.29) is 18.5 Å². The Balaban J connectivity index is 1.89. The van der Waals surface area contributed by atoms with Gasteiger partial charge in [0.1, 0.15) is 18.6 Å². The van der Waals surface area contributed by atoms with Crippen molar-refractivity contribution < 1.29 is 14.3 Å². The number of nitrogens with zero attached hydrogens (tertiary/aromatic N) is 2. The predicted octanol–water partition coefficient (Wildman–Crippen LogP) is 1.98. The Bertz CT molecular complexity index is 659. The molecule has 0 spiro atoms. The average molecular weight is 322 g/mol. The maximum absolute atomic E-state index is 12.0. The fourth-order valence-corrected chi connectivity index (χ4v) is 2.85. The number of imide groups is 1. The topological polar surface area (TPSA) is 71.0 Å². The fourth-order valence-electron chi connectivity index (χ4n) is 2.66. The van der Waals surface area contributed by atoms with E-state index >= 15 is 0 Å². The van der Waals surface area contributed by atoms with Crippen molar-refractivity contribution >= 4 is 34.9 Å². The Morgan fingerprint density at radius 2 is 2.23 bits per heavy atom. The number of rotatable bonds is 1. The Morgan fingerprint density at radius 1 is 1.41 bits per heavy atom. The molecule has 2 aliphatic rings. The number of hydrogen-bond acceptors (Lipinski definition) is 5. The molecule has 1 unspecified atom stereocenters. The first kappa shape index (κ1) is 15.0. The van der Waals surface area contributed by atoms with Crippen LogP contribution in [0.5, 0.6) is 0 Å². The third kappa shape index (κ3) is 2.98. The third-order valence-electron chi connectivity index (χ3n) is 3.81. The molecule has 2 aliphatic heterocycles. The molecular formula is C15H16ClN3O3. The Kier molecular flexibility index (Phi) is 4.13. The molecule has 0 saturated carbocycles. The van der Waals surface area contributed by atoms with E-state index in [1.54, 1.807) is 11.0 Å². The molecule has 1 saturated heterocycles. The maximum atomic E-state index is 12.0. The number of carbonyl (C=O) groups excluding carboxylic acids is 2. The van der Waals surface area contributed by atoms with Gasteiger partial charge in [-0.3, -0.25) is 14.9 Å². The number of nitrogens with one attached hydrogen (secondary N) is 1. The number of carbonyl (C=O) groups is 2. The molecule has 1 N–H and O–H groups in total. The summed E-state index contributed by atoms with van der Waals surface area (Å²) in [6.45, 7) is 2.45. The second-order valence-electron chi connectivity index (χ2n) is 5.35. The van der Waals surface area contributed by atoms with Crippen LogP contribution in [0, 0.1) is 0 Å². The van der Waals surface area contributed by atoms with Gasteiger partial charge in [0, 0.05) is 17.0 Å². The van der Waals surface area contributed by atoms with Crippen LogP contribution in [0.4, 0.5) is 5.69 Å². The van der Waals surface area contributed by atoms with Gasteiger partial charge in [0.15, 0.2) is 0 Å². The molecule has 2 heterocycles. The predicted molar refractivity (Wildman–Crippen MR) is 81.9 cm³/mol. The van der Waals surface area contributed by atoms with E-state index in [1.165, 1.54) is 0 Å². The van der Waals surface area contributed by atoms with Crippen molar-refractivity contribution in [2.45, 2.75) is 32.4 Å². The zero-order valence-electron chi connectivity index (χ0n) is 12.1. The van der Waals surface area contributed by atoms with Crippen molar-refractivity contribution in [2.75, 3.05) is 6.73 Å². The van der Waals surface area contributed by atoms with Crippen LogP contribution in [0.15, 0.2) is 23.2 Å². The molecule has 22 heavy (non-hydrogen) atoms. The number of piperidine rings is 1. The van der Waals surface area contributed by atoms with Crippen LogP contribution >= 0.6 is 11.6 Å². The molecule has 2 amide bonds. The van der Waals surface area contributed by atoms with E-state index in [0.29, 0.717) is 30.3 Å². The van der Waals surface area contributed by atoms with Crippen LogP contribution in [-0.2, 0) is 20.9 Å². The minimum absolute atomic E-state index is 0.233. The third-order valence-corrected chi connectivity index (χ3v) is 4.05. The van der Waals surface area contributed by atoms with Gasteiger partial charge >= 0.3 is 0 Å². The molecule has 116 valence electrons. The van der Waals surface area contributed by atoms with E-state index in [9.17, 15) is 9.59 Å². The Labute approximate surface area is 133 Å². The van der Waals surface area contributed by atoms with Crippen LogP contribution in [0.1, 0.15) is 25.3 Å². The summed E-state index contributed by atoms with van der Waals surface area (Å²) in [5.41, 5.74) is 1.69. The SMILES string of the molecule is CC1=Nc2ccc(Cl)cc2COCN1C1CCC(=O)NC1=O. The Hall–Kier alpha value is -1.92. The Morgan fingerprint density at radius 3 is 3.00 bits per heavy atom. The number of fused-ring (bicyclic) bond motifs is 1. The average Bonchev–Trinajstić information content (AvgIpc) is 2.45. The molecule has 0 radical (unpaired) electrons. The molecule has 0 aliphatic carbocycles. The van der Waals surface area contributed by atoms with Crippen molar-refractivity contribution in [1.82, 2.24) is 10.2 Å². The molecule has 0 bridgehead atoms. The quantitative estimate of drug-likeness (QED) is 0.803. The van der Waals surface area contributed by atoms with E-state index < -0.39 is 6.04 Å². The fraction of sp³-hybridized carbons (Fsp3) is 0.400. The number of amidine groups is 1. The first-order valence-corrected chi connectivity index (χ1v) is 7.44. The summed E-state index contributed by atoms with van der Waals surface area (Å²) < 4.78 is 5.69. The largest absolute Gasteiger partial charge is 0.356 e. The van der Waals surface area contributed by atoms with E-state index in [2.05, 4.69) is 10.3 Å². The number of benzene rings is 1. The summed E-state index contributed by atoms with van der Waals surface area (Å²) in [6.07, 6.45) is 0.792.